The molecule has 0 bridgehead atoms. The normalized spacial score (nSPS) is 14.0. The maximum atomic E-state index is 12.5. The van der Waals surface area contributed by atoms with Crippen LogP contribution in [0.1, 0.15) is 155 Å². The van der Waals surface area contributed by atoms with Crippen LogP contribution in [0.5, 0.6) is 0 Å². The molecule has 1 unspecified atom stereocenters. The van der Waals surface area contributed by atoms with Gasteiger partial charge < -0.3 is 27.9 Å². The van der Waals surface area contributed by atoms with Crippen LogP contribution in [0.3, 0.4) is 0 Å². The second-order valence-electron chi connectivity index (χ2n) is 13.6. The molecular weight excluding hydrogens is 605 g/mol. The van der Waals surface area contributed by atoms with Gasteiger partial charge in [-0.15, -0.1) is 0 Å². The largest absolute Gasteiger partial charge is 0.756 e. The van der Waals surface area contributed by atoms with E-state index in [1.54, 1.807) is 0 Å². The highest BCUT2D eigenvalue weighted by molar-refractivity contribution is 7.45. The summed E-state index contributed by atoms with van der Waals surface area (Å²) in [5.41, 5.74) is 0. The number of allylic oxidation sites excluding steroid dienone is 2. The van der Waals surface area contributed by atoms with E-state index in [-0.39, 0.29) is 26.1 Å². The SMILES string of the molecule is CCCCCCCCCCCCC/C=C/CCC(=O)O[C@H](COC(=O)CCCCCCCCC)COP(=O)([O-])OCC[N+](C)(C)C. The minimum Gasteiger partial charge on any atom is -0.756 e. The molecule has 0 aliphatic rings. The van der Waals surface area contributed by atoms with Crippen molar-refractivity contribution in [3.8, 4) is 0 Å². The lowest BCUT2D eigenvalue weighted by Gasteiger charge is -2.28. The summed E-state index contributed by atoms with van der Waals surface area (Å²) in [7, 11) is 1.15. The van der Waals surface area contributed by atoms with E-state index in [1.807, 2.05) is 27.2 Å². The molecule has 0 saturated carbocycles. The van der Waals surface area contributed by atoms with Crippen molar-refractivity contribution in [1.82, 2.24) is 0 Å². The van der Waals surface area contributed by atoms with Crippen LogP contribution in [-0.2, 0) is 32.7 Å². The highest BCUT2D eigenvalue weighted by Crippen LogP contribution is 2.38. The lowest BCUT2D eigenvalue weighted by atomic mass is 10.1. The summed E-state index contributed by atoms with van der Waals surface area (Å²) in [5, 5.41) is 0. The van der Waals surface area contributed by atoms with Gasteiger partial charge in [0.2, 0.25) is 0 Å². The Balaban J connectivity index is 4.44. The fourth-order valence-electron chi connectivity index (χ4n) is 4.85. The maximum absolute atomic E-state index is 12.5. The molecule has 0 amide bonds. The molecule has 2 atom stereocenters. The fourth-order valence-corrected chi connectivity index (χ4v) is 5.58. The average Bonchev–Trinajstić information content (AvgIpc) is 2.99. The third-order valence-electron chi connectivity index (χ3n) is 7.80. The molecule has 0 aliphatic carbocycles. The smallest absolute Gasteiger partial charge is 0.306 e. The Morgan fingerprint density at radius 3 is 1.70 bits per heavy atom. The van der Waals surface area contributed by atoms with Gasteiger partial charge in [0.1, 0.15) is 19.8 Å². The maximum Gasteiger partial charge on any atom is 0.306 e. The summed E-state index contributed by atoms with van der Waals surface area (Å²) in [4.78, 5) is 37.1. The lowest BCUT2D eigenvalue weighted by molar-refractivity contribution is -0.870. The molecule has 0 aromatic rings. The van der Waals surface area contributed by atoms with Crippen LogP contribution in [0.2, 0.25) is 0 Å². The second kappa shape index (κ2) is 29.9. The van der Waals surface area contributed by atoms with Crippen molar-refractivity contribution in [3.05, 3.63) is 12.2 Å². The Morgan fingerprint density at radius 2 is 1.15 bits per heavy atom. The van der Waals surface area contributed by atoms with Crippen molar-refractivity contribution in [3.63, 3.8) is 0 Å². The number of carbonyl (C=O) groups excluding carboxylic acids is 2. The zero-order valence-electron chi connectivity index (χ0n) is 30.3. The zero-order valence-corrected chi connectivity index (χ0v) is 31.2. The first-order valence-corrected chi connectivity index (χ1v) is 19.9. The molecule has 9 nitrogen and oxygen atoms in total. The number of likely N-dealkylation sites (N-methyl/N-ethyl adjacent to an activating group) is 1. The first kappa shape index (κ1) is 44.8. The molecule has 0 aromatic carbocycles. The third kappa shape index (κ3) is 32.7. The molecule has 0 N–H and O–H groups in total. The van der Waals surface area contributed by atoms with Gasteiger partial charge in [0.05, 0.1) is 27.7 Å². The van der Waals surface area contributed by atoms with Gasteiger partial charge in [0.15, 0.2) is 6.10 Å². The van der Waals surface area contributed by atoms with E-state index in [9.17, 15) is 19.0 Å². The minimum absolute atomic E-state index is 0.0340. The molecule has 0 rings (SSSR count). The number of phosphoric ester groups is 1. The van der Waals surface area contributed by atoms with Crippen molar-refractivity contribution in [2.75, 3.05) is 47.5 Å². The Kier molecular flexibility index (Phi) is 29.0. The van der Waals surface area contributed by atoms with Crippen LogP contribution >= 0.6 is 7.82 Å². The van der Waals surface area contributed by atoms with Crippen LogP contribution in [0.4, 0.5) is 0 Å². The van der Waals surface area contributed by atoms with Crippen LogP contribution in [0.15, 0.2) is 12.2 Å². The van der Waals surface area contributed by atoms with Crippen LogP contribution in [-0.4, -0.2) is 70.0 Å². The molecule has 0 saturated heterocycles. The molecule has 0 spiro atoms. The van der Waals surface area contributed by atoms with Crippen molar-refractivity contribution in [2.24, 2.45) is 0 Å². The van der Waals surface area contributed by atoms with E-state index < -0.39 is 32.5 Å². The van der Waals surface area contributed by atoms with E-state index >= 15 is 0 Å². The third-order valence-corrected chi connectivity index (χ3v) is 8.76. The number of phosphoric acid groups is 1. The number of esters is 2. The number of hydrogen-bond donors (Lipinski definition) is 0. The summed E-state index contributed by atoms with van der Waals surface area (Å²) in [6.07, 6.45) is 27.0. The van der Waals surface area contributed by atoms with Crippen molar-refractivity contribution in [2.45, 2.75) is 161 Å². The monoisotopic (exact) mass is 675 g/mol. The quantitative estimate of drug-likeness (QED) is 0.0223. The molecule has 46 heavy (non-hydrogen) atoms. The van der Waals surface area contributed by atoms with Crippen molar-refractivity contribution in [1.29, 1.82) is 0 Å². The van der Waals surface area contributed by atoms with Gasteiger partial charge in [-0.2, -0.15) is 0 Å². The van der Waals surface area contributed by atoms with Gasteiger partial charge in [-0.25, -0.2) is 0 Å². The van der Waals surface area contributed by atoms with Gasteiger partial charge in [-0.1, -0.05) is 129 Å². The van der Waals surface area contributed by atoms with E-state index in [0.29, 0.717) is 17.4 Å². The molecule has 0 aromatic heterocycles. The number of hydrogen-bond acceptors (Lipinski definition) is 8. The van der Waals surface area contributed by atoms with Gasteiger partial charge in [-0.05, 0) is 25.7 Å². The molecular formula is C36H70NO8P. The first-order valence-electron chi connectivity index (χ1n) is 18.4. The molecule has 272 valence electrons. The van der Waals surface area contributed by atoms with Crippen LogP contribution in [0.25, 0.3) is 0 Å². The van der Waals surface area contributed by atoms with Gasteiger partial charge >= 0.3 is 11.9 Å². The number of ether oxygens (including phenoxy) is 2. The molecule has 10 heteroatoms. The number of nitrogens with zero attached hydrogens (tertiary/aromatic N) is 1. The summed E-state index contributed by atoms with van der Waals surface area (Å²) >= 11 is 0. The highest BCUT2D eigenvalue weighted by atomic mass is 31.2. The van der Waals surface area contributed by atoms with Gasteiger partial charge in [0, 0.05) is 12.8 Å². The standard InChI is InChI=1S/C36H70NO8P/c1-6-8-10-12-14-15-16-17-18-19-20-21-23-25-27-29-36(39)45-34(33-44-46(40,41)43-31-30-37(3,4)5)32-42-35(38)28-26-24-22-13-11-9-7-2/h23,25,34H,6-22,24,26-33H2,1-5H3/b25-23+/t34-/m1/s1. The predicted molar refractivity (Wildman–Crippen MR) is 185 cm³/mol. The Hall–Kier alpha value is -1.25. The molecule has 0 heterocycles. The topological polar surface area (TPSA) is 111 Å². The summed E-state index contributed by atoms with van der Waals surface area (Å²) < 4.78 is 33.5. The molecule has 0 radical (unpaired) electrons. The van der Waals surface area contributed by atoms with E-state index in [4.69, 9.17) is 18.5 Å². The van der Waals surface area contributed by atoms with Crippen molar-refractivity contribution >= 4 is 19.8 Å². The molecule has 0 fully saturated rings. The average molecular weight is 676 g/mol. The van der Waals surface area contributed by atoms with Crippen LogP contribution in [0, 0.1) is 0 Å². The first-order chi connectivity index (χ1) is 22.0. The van der Waals surface area contributed by atoms with Gasteiger partial charge in [0.25, 0.3) is 7.82 Å². The predicted octanol–water partition coefficient (Wildman–Crippen LogP) is 8.83. The Labute approximate surface area is 282 Å². The fraction of sp³-hybridized carbons (Fsp3) is 0.889. The summed E-state index contributed by atoms with van der Waals surface area (Å²) in [6, 6.07) is 0. The highest BCUT2D eigenvalue weighted by Gasteiger charge is 2.21. The van der Waals surface area contributed by atoms with E-state index in [2.05, 4.69) is 19.9 Å². The van der Waals surface area contributed by atoms with Gasteiger partial charge in [-0.3, -0.25) is 14.2 Å². The number of quaternary nitrogens is 1. The summed E-state index contributed by atoms with van der Waals surface area (Å²) in [6.45, 7) is 4.12. The van der Waals surface area contributed by atoms with Crippen LogP contribution < -0.4 is 4.89 Å². The Morgan fingerprint density at radius 1 is 0.652 bits per heavy atom. The molecule has 0 aliphatic heterocycles. The minimum atomic E-state index is -4.61. The van der Waals surface area contributed by atoms with Crippen molar-refractivity contribution < 1.29 is 42.1 Å². The summed E-state index contributed by atoms with van der Waals surface area (Å²) in [5.74, 6) is -0.896. The van der Waals surface area contributed by atoms with E-state index in [0.717, 1.165) is 32.1 Å². The lowest BCUT2D eigenvalue weighted by Crippen LogP contribution is -2.37. The Bertz CT molecular complexity index is 814. The number of unbranched alkanes of at least 4 members (excludes halogenated alkanes) is 17. The number of rotatable bonds is 33. The van der Waals surface area contributed by atoms with E-state index in [1.165, 1.54) is 89.9 Å². The second-order valence-corrected chi connectivity index (χ2v) is 15.0. The zero-order chi connectivity index (χ0) is 34.4. The number of carbonyl (C=O) groups is 2.